The number of nitrogens with zero attached hydrogens (tertiary/aromatic N) is 1. The topological polar surface area (TPSA) is 82.0 Å². The molecule has 0 unspecified atom stereocenters. The zero-order valence-electron chi connectivity index (χ0n) is 10.4. The highest BCUT2D eigenvalue weighted by Crippen LogP contribution is 2.36. The summed E-state index contributed by atoms with van der Waals surface area (Å²) in [7, 11) is 0. The average molecular weight is 316 g/mol. The van der Waals surface area contributed by atoms with Gasteiger partial charge in [0, 0.05) is 11.8 Å². The molecule has 110 valence electrons. The average Bonchev–Trinajstić information content (AvgIpc) is 2.37. The van der Waals surface area contributed by atoms with Crippen LogP contribution in [0.15, 0.2) is 30.5 Å². The van der Waals surface area contributed by atoms with Crippen LogP contribution in [0.2, 0.25) is 5.02 Å². The van der Waals surface area contributed by atoms with E-state index in [9.17, 15) is 18.0 Å². The quantitative estimate of drug-likeness (QED) is 0.893. The maximum Gasteiger partial charge on any atom is 0.417 e. The molecule has 0 saturated carbocycles. The number of primary amides is 1. The third-order valence-electron chi connectivity index (χ3n) is 2.79. The van der Waals surface area contributed by atoms with Gasteiger partial charge < -0.3 is 11.5 Å². The second-order valence-electron chi connectivity index (χ2n) is 4.21. The molecule has 0 radical (unpaired) electrons. The lowest BCUT2D eigenvalue weighted by atomic mass is 10.0. The molecule has 0 aliphatic carbocycles. The number of nitrogens with two attached hydrogens (primary N) is 2. The SMILES string of the molecule is NC(=O)c1cc(-c2ccc(C(F)(F)F)c(Cl)c2)cnc1N. The number of amides is 1. The molecule has 4 nitrogen and oxygen atoms in total. The van der Waals surface area contributed by atoms with Crippen molar-refractivity contribution < 1.29 is 18.0 Å². The van der Waals surface area contributed by atoms with Crippen LogP contribution in [0.4, 0.5) is 19.0 Å². The number of carbonyl (C=O) groups is 1. The van der Waals surface area contributed by atoms with Crippen molar-refractivity contribution in [2.75, 3.05) is 5.73 Å². The highest BCUT2D eigenvalue weighted by atomic mass is 35.5. The van der Waals surface area contributed by atoms with Gasteiger partial charge in [-0.3, -0.25) is 4.79 Å². The van der Waals surface area contributed by atoms with Gasteiger partial charge in [-0.05, 0) is 23.8 Å². The van der Waals surface area contributed by atoms with Crippen molar-refractivity contribution in [2.45, 2.75) is 6.18 Å². The van der Waals surface area contributed by atoms with Crippen LogP contribution in [0.5, 0.6) is 0 Å². The Morgan fingerprint density at radius 3 is 2.38 bits per heavy atom. The van der Waals surface area contributed by atoms with Crippen LogP contribution in [-0.2, 0) is 6.18 Å². The molecule has 0 spiro atoms. The lowest BCUT2D eigenvalue weighted by molar-refractivity contribution is -0.137. The van der Waals surface area contributed by atoms with E-state index in [4.69, 9.17) is 23.1 Å². The Bertz CT molecular complexity index is 716. The van der Waals surface area contributed by atoms with Gasteiger partial charge in [-0.25, -0.2) is 4.98 Å². The van der Waals surface area contributed by atoms with E-state index in [1.165, 1.54) is 18.3 Å². The Kier molecular flexibility index (Phi) is 3.78. The standard InChI is InChI=1S/C13H9ClF3N3O/c14-10-4-6(1-2-9(10)13(15,16)17)7-3-8(12(19)21)11(18)20-5-7/h1-5H,(H2,18,20)(H2,19,21). The van der Waals surface area contributed by atoms with Gasteiger partial charge in [0.15, 0.2) is 0 Å². The summed E-state index contributed by atoms with van der Waals surface area (Å²) in [5, 5.41) is -0.447. The molecule has 8 heteroatoms. The molecule has 4 N–H and O–H groups in total. The molecule has 1 aromatic carbocycles. The van der Waals surface area contributed by atoms with Crippen LogP contribution in [0.25, 0.3) is 11.1 Å². The minimum Gasteiger partial charge on any atom is -0.383 e. The largest absolute Gasteiger partial charge is 0.417 e. The number of aromatic nitrogens is 1. The minimum absolute atomic E-state index is 0.0106. The smallest absolute Gasteiger partial charge is 0.383 e. The molecule has 0 fully saturated rings. The molecule has 1 aromatic heterocycles. The van der Waals surface area contributed by atoms with E-state index in [1.54, 1.807) is 0 Å². The predicted octanol–water partition coefficient (Wildman–Crippen LogP) is 3.10. The summed E-state index contributed by atoms with van der Waals surface area (Å²) in [6.45, 7) is 0. The van der Waals surface area contributed by atoms with Gasteiger partial charge in [-0.2, -0.15) is 13.2 Å². The molecule has 2 rings (SSSR count). The molecule has 0 aliphatic rings. The number of alkyl halides is 3. The van der Waals surface area contributed by atoms with E-state index in [0.717, 1.165) is 12.1 Å². The van der Waals surface area contributed by atoms with Gasteiger partial charge in [-0.1, -0.05) is 17.7 Å². The van der Waals surface area contributed by atoms with Gasteiger partial charge in [0.05, 0.1) is 16.1 Å². The summed E-state index contributed by atoms with van der Waals surface area (Å²) in [6, 6.07) is 4.58. The van der Waals surface area contributed by atoms with Gasteiger partial charge in [0.25, 0.3) is 5.91 Å². The van der Waals surface area contributed by atoms with Crippen molar-refractivity contribution in [3.05, 3.63) is 46.6 Å². The maximum absolute atomic E-state index is 12.6. The van der Waals surface area contributed by atoms with Gasteiger partial charge in [-0.15, -0.1) is 0 Å². The van der Waals surface area contributed by atoms with Crippen molar-refractivity contribution in [3.8, 4) is 11.1 Å². The first-order valence-corrected chi connectivity index (χ1v) is 6.00. The number of pyridine rings is 1. The van der Waals surface area contributed by atoms with Crippen LogP contribution in [0.3, 0.4) is 0 Å². The van der Waals surface area contributed by atoms with E-state index in [-0.39, 0.29) is 11.4 Å². The van der Waals surface area contributed by atoms with Crippen LogP contribution in [0.1, 0.15) is 15.9 Å². The molecule has 0 aliphatic heterocycles. The Morgan fingerprint density at radius 2 is 1.86 bits per heavy atom. The summed E-state index contributed by atoms with van der Waals surface area (Å²) in [5.41, 5.74) is 10.4. The summed E-state index contributed by atoms with van der Waals surface area (Å²) in [5.74, 6) is -0.830. The maximum atomic E-state index is 12.6. The first-order chi connectivity index (χ1) is 9.70. The number of anilines is 1. The van der Waals surface area contributed by atoms with Gasteiger partial charge in [0.2, 0.25) is 0 Å². The molecule has 0 saturated heterocycles. The van der Waals surface area contributed by atoms with Crippen molar-refractivity contribution in [1.29, 1.82) is 0 Å². The van der Waals surface area contributed by atoms with E-state index in [2.05, 4.69) is 4.98 Å². The first kappa shape index (κ1) is 15.1. The fourth-order valence-electron chi connectivity index (χ4n) is 1.76. The molecule has 0 bridgehead atoms. The number of hydrogen-bond donors (Lipinski definition) is 2. The number of rotatable bonds is 2. The lowest BCUT2D eigenvalue weighted by Crippen LogP contribution is -2.14. The summed E-state index contributed by atoms with van der Waals surface area (Å²) >= 11 is 5.64. The summed E-state index contributed by atoms with van der Waals surface area (Å²) in [4.78, 5) is 15.0. The highest BCUT2D eigenvalue weighted by molar-refractivity contribution is 6.31. The normalized spacial score (nSPS) is 11.4. The summed E-state index contributed by atoms with van der Waals surface area (Å²) in [6.07, 6.45) is -3.21. The van der Waals surface area contributed by atoms with Gasteiger partial charge in [0.1, 0.15) is 5.82 Å². The van der Waals surface area contributed by atoms with Crippen molar-refractivity contribution in [3.63, 3.8) is 0 Å². The monoisotopic (exact) mass is 315 g/mol. The second-order valence-corrected chi connectivity index (χ2v) is 4.62. The number of hydrogen-bond acceptors (Lipinski definition) is 3. The number of benzene rings is 1. The zero-order chi connectivity index (χ0) is 15.8. The number of halogens is 4. The molecular formula is C13H9ClF3N3O. The molecular weight excluding hydrogens is 307 g/mol. The molecule has 1 heterocycles. The van der Waals surface area contributed by atoms with Crippen LogP contribution in [0, 0.1) is 0 Å². The summed E-state index contributed by atoms with van der Waals surface area (Å²) < 4.78 is 37.9. The predicted molar refractivity (Wildman–Crippen MR) is 72.6 cm³/mol. The third kappa shape index (κ3) is 3.08. The van der Waals surface area contributed by atoms with Crippen molar-refractivity contribution >= 4 is 23.3 Å². The van der Waals surface area contributed by atoms with Crippen molar-refractivity contribution in [1.82, 2.24) is 4.98 Å². The Morgan fingerprint density at radius 1 is 1.19 bits per heavy atom. The second kappa shape index (κ2) is 5.25. The van der Waals surface area contributed by atoms with E-state index in [1.807, 2.05) is 0 Å². The Hall–Kier alpha value is -2.28. The molecule has 21 heavy (non-hydrogen) atoms. The van der Waals surface area contributed by atoms with Gasteiger partial charge >= 0.3 is 6.18 Å². The first-order valence-electron chi connectivity index (χ1n) is 5.62. The minimum atomic E-state index is -4.53. The number of nitrogen functional groups attached to an aromatic ring is 1. The molecule has 0 atom stereocenters. The van der Waals surface area contributed by atoms with Crippen LogP contribution < -0.4 is 11.5 Å². The van der Waals surface area contributed by atoms with Crippen molar-refractivity contribution in [2.24, 2.45) is 5.73 Å². The van der Waals surface area contributed by atoms with E-state index >= 15 is 0 Å². The lowest BCUT2D eigenvalue weighted by Gasteiger charge is -2.11. The Labute approximate surface area is 122 Å². The molecule has 2 aromatic rings. The zero-order valence-corrected chi connectivity index (χ0v) is 11.2. The highest BCUT2D eigenvalue weighted by Gasteiger charge is 2.33. The van der Waals surface area contributed by atoms with Crippen LogP contribution in [-0.4, -0.2) is 10.9 Å². The fourth-order valence-corrected chi connectivity index (χ4v) is 2.04. The van der Waals surface area contributed by atoms with E-state index < -0.39 is 22.7 Å². The Balaban J connectivity index is 2.51. The third-order valence-corrected chi connectivity index (χ3v) is 3.10. The number of carbonyl (C=O) groups excluding carboxylic acids is 1. The van der Waals surface area contributed by atoms with Crippen LogP contribution >= 0.6 is 11.6 Å². The fraction of sp³-hybridized carbons (Fsp3) is 0.0769. The molecule has 1 amide bonds. The van der Waals surface area contributed by atoms with E-state index in [0.29, 0.717) is 11.1 Å².